The lowest BCUT2D eigenvalue weighted by molar-refractivity contribution is -0.115. The molecule has 7 nitrogen and oxygen atoms in total. The lowest BCUT2D eigenvalue weighted by Crippen LogP contribution is -2.33. The molecular formula is C26H31N3O4. The molecule has 1 aliphatic rings. The molecule has 2 heterocycles. The van der Waals surface area contributed by atoms with Gasteiger partial charge in [0.25, 0.3) is 5.56 Å². The highest BCUT2D eigenvalue weighted by Gasteiger charge is 2.18. The molecule has 0 aliphatic carbocycles. The van der Waals surface area contributed by atoms with Crippen molar-refractivity contribution in [2.45, 2.75) is 25.8 Å². The van der Waals surface area contributed by atoms with Crippen LogP contribution < -0.4 is 20.3 Å². The van der Waals surface area contributed by atoms with E-state index in [9.17, 15) is 9.59 Å². The molecule has 0 radical (unpaired) electrons. The third-order valence-corrected chi connectivity index (χ3v) is 6.36. The summed E-state index contributed by atoms with van der Waals surface area (Å²) in [6, 6.07) is 12.8. The first kappa shape index (κ1) is 22.9. The van der Waals surface area contributed by atoms with Crippen LogP contribution in [0.5, 0.6) is 11.5 Å². The van der Waals surface area contributed by atoms with Crippen molar-refractivity contribution >= 4 is 22.4 Å². The number of carbonyl (C=O) groups is 1. The summed E-state index contributed by atoms with van der Waals surface area (Å²) in [7, 11) is 5.29. The normalized spacial score (nSPS) is 14.9. The third kappa shape index (κ3) is 5.37. The minimum atomic E-state index is -0.173. The fourth-order valence-corrected chi connectivity index (χ4v) is 4.44. The molecule has 0 atom stereocenters. The Labute approximate surface area is 193 Å². The van der Waals surface area contributed by atoms with Crippen molar-refractivity contribution in [3.63, 3.8) is 0 Å². The van der Waals surface area contributed by atoms with E-state index < -0.39 is 0 Å². The molecule has 1 saturated heterocycles. The number of hydrogen-bond acceptors (Lipinski definition) is 5. The van der Waals surface area contributed by atoms with Crippen molar-refractivity contribution < 1.29 is 14.3 Å². The van der Waals surface area contributed by atoms with Gasteiger partial charge in [0.2, 0.25) is 5.91 Å². The maximum absolute atomic E-state index is 13.1. The molecule has 0 spiro atoms. The van der Waals surface area contributed by atoms with Crippen molar-refractivity contribution in [1.82, 2.24) is 9.47 Å². The number of ether oxygens (including phenoxy) is 2. The SMILES string of the molecule is COc1cc(CC(=O)Nc2cccc3c(=O)n(CC4CCN(C)CC4)ccc23)cc(OC)c1. The van der Waals surface area contributed by atoms with Gasteiger partial charge in [0, 0.05) is 35.3 Å². The van der Waals surface area contributed by atoms with E-state index in [1.165, 1.54) is 0 Å². The number of aromatic nitrogens is 1. The van der Waals surface area contributed by atoms with Crippen LogP contribution in [0.1, 0.15) is 18.4 Å². The van der Waals surface area contributed by atoms with E-state index in [4.69, 9.17) is 9.47 Å². The standard InChI is InChI=1S/C26H31N3O4/c1-28-10-7-18(8-11-28)17-29-12-9-22-23(26(29)31)5-4-6-24(22)27-25(30)15-19-13-20(32-2)16-21(14-19)33-3/h4-6,9,12-14,16,18H,7-8,10-11,15,17H2,1-3H3,(H,27,30). The number of fused-ring (bicyclic) bond motifs is 1. The molecule has 1 N–H and O–H groups in total. The van der Waals surface area contributed by atoms with Crippen LogP contribution in [0.25, 0.3) is 10.8 Å². The second-order valence-corrected chi connectivity index (χ2v) is 8.73. The van der Waals surface area contributed by atoms with Gasteiger partial charge in [0.1, 0.15) is 11.5 Å². The van der Waals surface area contributed by atoms with E-state index >= 15 is 0 Å². The van der Waals surface area contributed by atoms with Crippen LogP contribution in [0.3, 0.4) is 0 Å². The Morgan fingerprint density at radius 1 is 1.03 bits per heavy atom. The zero-order valence-electron chi connectivity index (χ0n) is 19.5. The Morgan fingerprint density at radius 2 is 1.73 bits per heavy atom. The Bertz CT molecular complexity index is 1170. The highest BCUT2D eigenvalue weighted by atomic mass is 16.5. The van der Waals surface area contributed by atoms with Crippen LogP contribution in [0.15, 0.2) is 53.5 Å². The Hall–Kier alpha value is -3.32. The van der Waals surface area contributed by atoms with Crippen LogP contribution in [-0.4, -0.2) is 49.7 Å². The van der Waals surface area contributed by atoms with Crippen LogP contribution in [-0.2, 0) is 17.8 Å². The Morgan fingerprint density at radius 3 is 2.39 bits per heavy atom. The summed E-state index contributed by atoms with van der Waals surface area (Å²) >= 11 is 0. The monoisotopic (exact) mass is 449 g/mol. The molecule has 0 bridgehead atoms. The zero-order chi connectivity index (χ0) is 23.4. The number of pyridine rings is 1. The number of rotatable bonds is 7. The van der Waals surface area contributed by atoms with Gasteiger partial charge in [-0.25, -0.2) is 0 Å². The van der Waals surface area contributed by atoms with Gasteiger partial charge < -0.3 is 24.3 Å². The predicted molar refractivity (Wildman–Crippen MR) is 130 cm³/mol. The highest BCUT2D eigenvalue weighted by Crippen LogP contribution is 2.25. The maximum atomic E-state index is 13.1. The maximum Gasteiger partial charge on any atom is 0.258 e. The van der Waals surface area contributed by atoms with Crippen molar-refractivity contribution in [3.8, 4) is 11.5 Å². The van der Waals surface area contributed by atoms with Gasteiger partial charge in [-0.3, -0.25) is 9.59 Å². The molecule has 1 fully saturated rings. The number of benzene rings is 2. The van der Waals surface area contributed by atoms with E-state index in [0.29, 0.717) is 28.5 Å². The first-order chi connectivity index (χ1) is 16.0. The van der Waals surface area contributed by atoms with Gasteiger partial charge in [-0.05, 0) is 74.8 Å². The lowest BCUT2D eigenvalue weighted by atomic mass is 9.97. The van der Waals surface area contributed by atoms with Crippen molar-refractivity contribution in [3.05, 3.63) is 64.6 Å². The second kappa shape index (κ2) is 10.1. The molecule has 33 heavy (non-hydrogen) atoms. The molecule has 2 aromatic carbocycles. The van der Waals surface area contributed by atoms with E-state index in [2.05, 4.69) is 17.3 Å². The van der Waals surface area contributed by atoms with Gasteiger partial charge in [-0.2, -0.15) is 0 Å². The molecule has 3 aromatic rings. The summed E-state index contributed by atoms with van der Waals surface area (Å²) in [5, 5.41) is 4.33. The molecule has 174 valence electrons. The van der Waals surface area contributed by atoms with Crippen molar-refractivity contribution in [2.24, 2.45) is 5.92 Å². The minimum Gasteiger partial charge on any atom is -0.497 e. The fourth-order valence-electron chi connectivity index (χ4n) is 4.44. The number of nitrogens with one attached hydrogen (secondary N) is 1. The van der Waals surface area contributed by atoms with Crippen LogP contribution >= 0.6 is 0 Å². The number of anilines is 1. The van der Waals surface area contributed by atoms with E-state index in [1.54, 1.807) is 20.3 Å². The lowest BCUT2D eigenvalue weighted by Gasteiger charge is -2.29. The Balaban J connectivity index is 1.52. The number of hydrogen-bond donors (Lipinski definition) is 1. The average molecular weight is 450 g/mol. The number of amides is 1. The van der Waals surface area contributed by atoms with Crippen LogP contribution in [0.4, 0.5) is 5.69 Å². The number of methoxy groups -OCH3 is 2. The molecule has 1 amide bonds. The molecular weight excluding hydrogens is 418 g/mol. The molecule has 1 aliphatic heterocycles. The van der Waals surface area contributed by atoms with Gasteiger partial charge in [0.05, 0.1) is 20.6 Å². The summed E-state index contributed by atoms with van der Waals surface area (Å²) in [5.41, 5.74) is 1.40. The van der Waals surface area contributed by atoms with E-state index in [-0.39, 0.29) is 17.9 Å². The molecule has 0 saturated carbocycles. The quantitative estimate of drug-likeness (QED) is 0.597. The van der Waals surface area contributed by atoms with Crippen molar-refractivity contribution in [2.75, 3.05) is 39.7 Å². The summed E-state index contributed by atoms with van der Waals surface area (Å²) in [5.74, 6) is 1.60. The van der Waals surface area contributed by atoms with Gasteiger partial charge in [-0.1, -0.05) is 6.07 Å². The molecule has 1 aromatic heterocycles. The topological polar surface area (TPSA) is 72.8 Å². The van der Waals surface area contributed by atoms with Gasteiger partial charge in [-0.15, -0.1) is 0 Å². The smallest absolute Gasteiger partial charge is 0.258 e. The third-order valence-electron chi connectivity index (χ3n) is 6.36. The molecule has 7 heteroatoms. The van der Waals surface area contributed by atoms with E-state index in [1.807, 2.05) is 47.2 Å². The number of nitrogens with zero attached hydrogens (tertiary/aromatic N) is 2. The molecule has 4 rings (SSSR count). The highest BCUT2D eigenvalue weighted by molar-refractivity contribution is 6.02. The van der Waals surface area contributed by atoms with Gasteiger partial charge in [0.15, 0.2) is 0 Å². The largest absolute Gasteiger partial charge is 0.497 e. The molecule has 0 unspecified atom stereocenters. The number of carbonyl (C=O) groups excluding carboxylic acids is 1. The first-order valence-corrected chi connectivity index (χ1v) is 11.3. The first-order valence-electron chi connectivity index (χ1n) is 11.3. The summed E-state index contributed by atoms with van der Waals surface area (Å²) in [6.45, 7) is 2.88. The predicted octanol–water partition coefficient (Wildman–Crippen LogP) is 3.54. The number of likely N-dealkylation sites (tertiary alicyclic amines) is 1. The van der Waals surface area contributed by atoms with Crippen LogP contribution in [0, 0.1) is 5.92 Å². The summed E-state index contributed by atoms with van der Waals surface area (Å²) < 4.78 is 12.4. The number of piperidine rings is 1. The Kier molecular flexibility index (Phi) is 6.99. The van der Waals surface area contributed by atoms with Gasteiger partial charge >= 0.3 is 0 Å². The van der Waals surface area contributed by atoms with E-state index in [0.717, 1.165) is 43.4 Å². The summed E-state index contributed by atoms with van der Waals surface area (Å²) in [6.07, 6.45) is 4.22. The fraction of sp³-hybridized carbons (Fsp3) is 0.385. The van der Waals surface area contributed by atoms with Crippen LogP contribution in [0.2, 0.25) is 0 Å². The summed E-state index contributed by atoms with van der Waals surface area (Å²) in [4.78, 5) is 28.3. The van der Waals surface area contributed by atoms with Crippen molar-refractivity contribution in [1.29, 1.82) is 0 Å². The average Bonchev–Trinajstić information content (AvgIpc) is 2.82. The second-order valence-electron chi connectivity index (χ2n) is 8.73. The zero-order valence-corrected chi connectivity index (χ0v) is 19.5. The minimum absolute atomic E-state index is 0.0138.